The van der Waals surface area contributed by atoms with E-state index >= 15 is 0 Å². The summed E-state index contributed by atoms with van der Waals surface area (Å²) < 4.78 is 0. The normalized spacial score (nSPS) is 43.8. The van der Waals surface area contributed by atoms with E-state index in [0.717, 1.165) is 67.0 Å². The van der Waals surface area contributed by atoms with Gasteiger partial charge >= 0.3 is 0 Å². The second kappa shape index (κ2) is 5.87. The highest BCUT2D eigenvalue weighted by Gasteiger charge is 2.69. The van der Waals surface area contributed by atoms with E-state index in [0.29, 0.717) is 0 Å². The molecule has 0 amide bonds. The predicted octanol–water partition coefficient (Wildman–Crippen LogP) is 5.17. The topological polar surface area (TPSA) is 3.24 Å². The van der Waals surface area contributed by atoms with Gasteiger partial charge in [-0.25, -0.2) is 0 Å². The zero-order valence-electron chi connectivity index (χ0n) is 16.4. The predicted molar refractivity (Wildman–Crippen MR) is 102 cm³/mol. The van der Waals surface area contributed by atoms with Crippen molar-refractivity contribution in [1.29, 1.82) is 0 Å². The third-order valence-electron chi connectivity index (χ3n) is 8.29. The molecule has 0 N–H and O–H groups in total. The first-order valence-electron chi connectivity index (χ1n) is 10.3. The maximum atomic E-state index is 2.88. The van der Waals surface area contributed by atoms with Gasteiger partial charge in [-0.1, -0.05) is 52.8 Å². The van der Waals surface area contributed by atoms with Gasteiger partial charge in [0, 0.05) is 18.6 Å². The molecule has 132 valence electrons. The zero-order chi connectivity index (χ0) is 17.2. The van der Waals surface area contributed by atoms with Crippen LogP contribution in [-0.4, -0.2) is 17.0 Å². The fourth-order valence-electron chi connectivity index (χ4n) is 6.54. The van der Waals surface area contributed by atoms with Gasteiger partial charge in [-0.3, -0.25) is 4.90 Å². The van der Waals surface area contributed by atoms with Crippen molar-refractivity contribution < 1.29 is 0 Å². The van der Waals surface area contributed by atoms with E-state index in [9.17, 15) is 0 Å². The zero-order valence-corrected chi connectivity index (χ0v) is 16.4. The molecule has 1 aromatic carbocycles. The van der Waals surface area contributed by atoms with Crippen LogP contribution in [0.15, 0.2) is 18.2 Å². The highest BCUT2D eigenvalue weighted by Crippen LogP contribution is 2.68. The lowest BCUT2D eigenvalue weighted by atomic mass is 9.40. The van der Waals surface area contributed by atoms with Crippen molar-refractivity contribution >= 4 is 0 Å². The minimum absolute atomic E-state index is 0.736. The first-order chi connectivity index (χ1) is 11.5. The number of fused-ring (bicyclic) bond motifs is 4. The first kappa shape index (κ1) is 16.6. The van der Waals surface area contributed by atoms with Crippen LogP contribution in [0.4, 0.5) is 0 Å². The van der Waals surface area contributed by atoms with E-state index in [1.165, 1.54) is 11.1 Å². The third kappa shape index (κ3) is 2.16. The number of hydrogen-bond donors (Lipinski definition) is 0. The fraction of sp³-hybridized carbons (Fsp3) is 0.739. The van der Waals surface area contributed by atoms with Crippen LogP contribution in [0.2, 0.25) is 0 Å². The van der Waals surface area contributed by atoms with Crippen LogP contribution in [0.3, 0.4) is 0 Å². The number of benzene rings is 1. The van der Waals surface area contributed by atoms with Crippen LogP contribution >= 0.6 is 0 Å². The molecule has 3 fully saturated rings. The lowest BCUT2D eigenvalue weighted by Crippen LogP contribution is -2.68. The number of aryl methyl sites for hydroxylation is 2. The SMILES string of the molecule is CCc1cc(CC)cc(CN2[C@@H]3[C@@H]4[C@H](C)[C@H](C)[C@@H]4[C@@H]3[C@H](C)[C@@H]2C)c1. The van der Waals surface area contributed by atoms with Crippen LogP contribution in [-0.2, 0) is 19.4 Å². The molecular formula is C23H35N. The molecule has 0 spiro atoms. The Morgan fingerprint density at radius 2 is 1.21 bits per heavy atom. The van der Waals surface area contributed by atoms with Crippen LogP contribution in [0.25, 0.3) is 0 Å². The Balaban J connectivity index is 1.58. The lowest BCUT2D eigenvalue weighted by Gasteiger charge is -2.67. The molecule has 4 rings (SSSR count). The molecule has 1 aromatic rings. The Morgan fingerprint density at radius 1 is 0.708 bits per heavy atom. The second-order valence-electron chi connectivity index (χ2n) is 9.08. The van der Waals surface area contributed by atoms with Gasteiger partial charge in [0.1, 0.15) is 0 Å². The monoisotopic (exact) mass is 325 g/mol. The van der Waals surface area contributed by atoms with Gasteiger partial charge in [0.15, 0.2) is 0 Å². The average molecular weight is 326 g/mol. The Morgan fingerprint density at radius 3 is 1.79 bits per heavy atom. The van der Waals surface area contributed by atoms with Crippen molar-refractivity contribution in [3.63, 3.8) is 0 Å². The van der Waals surface area contributed by atoms with Crippen molar-refractivity contribution in [2.45, 2.75) is 73.0 Å². The van der Waals surface area contributed by atoms with Crippen LogP contribution in [0.1, 0.15) is 58.2 Å². The highest BCUT2D eigenvalue weighted by molar-refractivity contribution is 5.31. The Hall–Kier alpha value is -0.820. The van der Waals surface area contributed by atoms with Crippen molar-refractivity contribution in [2.24, 2.45) is 35.5 Å². The summed E-state index contributed by atoms with van der Waals surface area (Å²) in [6.45, 7) is 15.7. The fourth-order valence-corrected chi connectivity index (χ4v) is 6.54. The van der Waals surface area contributed by atoms with Gasteiger partial charge in [0.05, 0.1) is 0 Å². The van der Waals surface area contributed by atoms with Gasteiger partial charge in [-0.2, -0.15) is 0 Å². The summed E-state index contributed by atoms with van der Waals surface area (Å²) in [4.78, 5) is 2.88. The number of rotatable bonds is 4. The summed E-state index contributed by atoms with van der Waals surface area (Å²) in [5, 5.41) is 0. The second-order valence-corrected chi connectivity index (χ2v) is 9.08. The molecule has 1 heterocycles. The van der Waals surface area contributed by atoms with Gasteiger partial charge in [-0.15, -0.1) is 0 Å². The molecule has 0 bridgehead atoms. The summed E-state index contributed by atoms with van der Waals surface area (Å²) in [7, 11) is 0. The molecule has 2 saturated carbocycles. The standard InChI is InChI=1S/C23H35N/c1-7-17-9-18(8-2)11-19(10-17)12-24-16(6)15(5)22-20-13(3)14(4)21(20)23(22)24/h9-11,13-16,20-23H,7-8,12H2,1-6H3/t13-,14+,15+,16-,20-,21+,22-,23+/m0/s1. The van der Waals surface area contributed by atoms with Crippen LogP contribution in [0.5, 0.6) is 0 Å². The molecule has 3 aliphatic rings. The minimum Gasteiger partial charge on any atom is -0.293 e. The molecule has 24 heavy (non-hydrogen) atoms. The molecular weight excluding hydrogens is 290 g/mol. The summed E-state index contributed by atoms with van der Waals surface area (Å²) >= 11 is 0. The highest BCUT2D eigenvalue weighted by atomic mass is 15.3. The molecule has 1 heteroatoms. The summed E-state index contributed by atoms with van der Waals surface area (Å²) in [5.41, 5.74) is 4.57. The quantitative estimate of drug-likeness (QED) is 0.738. The van der Waals surface area contributed by atoms with Gasteiger partial charge in [-0.05, 0) is 72.0 Å². The number of likely N-dealkylation sites (tertiary alicyclic amines) is 1. The Bertz CT molecular complexity index is 598. The van der Waals surface area contributed by atoms with E-state index in [4.69, 9.17) is 0 Å². The Kier molecular flexibility index (Phi) is 4.07. The van der Waals surface area contributed by atoms with E-state index in [1.54, 1.807) is 5.56 Å². The van der Waals surface area contributed by atoms with Crippen LogP contribution in [0, 0.1) is 35.5 Å². The van der Waals surface area contributed by atoms with Gasteiger partial charge in [0.25, 0.3) is 0 Å². The maximum Gasteiger partial charge on any atom is 0.0240 e. The van der Waals surface area contributed by atoms with E-state index < -0.39 is 0 Å². The molecule has 0 aromatic heterocycles. The molecule has 1 nitrogen and oxygen atoms in total. The molecule has 2 aliphatic carbocycles. The summed E-state index contributed by atoms with van der Waals surface area (Å²) in [5.74, 6) is 5.74. The molecule has 1 saturated heterocycles. The largest absolute Gasteiger partial charge is 0.293 e. The van der Waals surface area contributed by atoms with Crippen molar-refractivity contribution in [3.05, 3.63) is 34.9 Å². The molecule has 8 atom stereocenters. The number of nitrogens with zero attached hydrogens (tertiary/aromatic N) is 1. The van der Waals surface area contributed by atoms with Crippen LogP contribution < -0.4 is 0 Å². The van der Waals surface area contributed by atoms with Crippen molar-refractivity contribution in [2.75, 3.05) is 0 Å². The van der Waals surface area contributed by atoms with Gasteiger partial charge < -0.3 is 0 Å². The molecule has 0 radical (unpaired) electrons. The average Bonchev–Trinajstić information content (AvgIpc) is 2.76. The van der Waals surface area contributed by atoms with Crippen molar-refractivity contribution in [1.82, 2.24) is 4.90 Å². The molecule has 0 unspecified atom stereocenters. The third-order valence-corrected chi connectivity index (χ3v) is 8.29. The smallest absolute Gasteiger partial charge is 0.0240 e. The van der Waals surface area contributed by atoms with E-state index in [-0.39, 0.29) is 0 Å². The number of hydrogen-bond acceptors (Lipinski definition) is 1. The van der Waals surface area contributed by atoms with Gasteiger partial charge in [0.2, 0.25) is 0 Å². The lowest BCUT2D eigenvalue weighted by molar-refractivity contribution is -0.185. The maximum absolute atomic E-state index is 2.88. The minimum atomic E-state index is 0.736. The van der Waals surface area contributed by atoms with E-state index in [1.807, 2.05) is 0 Å². The van der Waals surface area contributed by atoms with Crippen molar-refractivity contribution in [3.8, 4) is 0 Å². The molecule has 1 aliphatic heterocycles. The first-order valence-corrected chi connectivity index (χ1v) is 10.3. The summed E-state index contributed by atoms with van der Waals surface area (Å²) in [6, 6.07) is 8.93. The van der Waals surface area contributed by atoms with E-state index in [2.05, 4.69) is 64.6 Å². The summed E-state index contributed by atoms with van der Waals surface area (Å²) in [6.07, 6.45) is 2.30. The Labute approximate surface area is 148 Å².